The normalized spacial score (nSPS) is 15.1. The van der Waals surface area contributed by atoms with Crippen molar-refractivity contribution in [1.29, 1.82) is 0 Å². The van der Waals surface area contributed by atoms with Gasteiger partial charge in [-0.1, -0.05) is 12.1 Å². The minimum absolute atomic E-state index is 0.0735. The van der Waals surface area contributed by atoms with Crippen molar-refractivity contribution in [3.8, 4) is 5.75 Å². The van der Waals surface area contributed by atoms with Crippen LogP contribution < -0.4 is 4.74 Å². The number of ether oxygens (including phenoxy) is 1. The zero-order valence-corrected chi connectivity index (χ0v) is 14.9. The molecule has 2 heterocycles. The fraction of sp³-hybridized carbons (Fsp3) is 0.389. The lowest BCUT2D eigenvalue weighted by Gasteiger charge is -2.34. The summed E-state index contributed by atoms with van der Waals surface area (Å²) in [5.41, 5.74) is 1.25. The number of benzene rings is 1. The number of piperazine rings is 1. The van der Waals surface area contributed by atoms with Crippen molar-refractivity contribution in [1.82, 2.24) is 19.6 Å². The summed E-state index contributed by atoms with van der Waals surface area (Å²) in [6, 6.07) is 7.94. The van der Waals surface area contributed by atoms with Crippen LogP contribution in [-0.2, 0) is 13.6 Å². The third-order valence-corrected chi connectivity index (χ3v) is 4.60. The maximum atomic E-state index is 12.7. The Hall–Kier alpha value is -2.87. The van der Waals surface area contributed by atoms with Crippen LogP contribution in [0.15, 0.2) is 30.5 Å². The van der Waals surface area contributed by atoms with E-state index in [9.17, 15) is 14.7 Å². The van der Waals surface area contributed by atoms with E-state index < -0.39 is 5.97 Å². The van der Waals surface area contributed by atoms with E-state index in [1.165, 1.54) is 23.5 Å². The molecule has 138 valence electrons. The van der Waals surface area contributed by atoms with E-state index in [4.69, 9.17) is 4.74 Å². The summed E-state index contributed by atoms with van der Waals surface area (Å²) in [7, 11) is 3.16. The van der Waals surface area contributed by atoms with E-state index in [2.05, 4.69) is 10.00 Å². The summed E-state index contributed by atoms with van der Waals surface area (Å²) in [4.78, 5) is 28.0. The highest BCUT2D eigenvalue weighted by Gasteiger charge is 2.28. The molecular weight excluding hydrogens is 336 g/mol. The van der Waals surface area contributed by atoms with Gasteiger partial charge in [0.15, 0.2) is 5.69 Å². The Balaban J connectivity index is 1.59. The maximum absolute atomic E-state index is 12.7. The average molecular weight is 358 g/mol. The minimum Gasteiger partial charge on any atom is -0.497 e. The molecule has 8 nitrogen and oxygen atoms in total. The van der Waals surface area contributed by atoms with Gasteiger partial charge in [0, 0.05) is 39.8 Å². The summed E-state index contributed by atoms with van der Waals surface area (Å²) >= 11 is 0. The molecule has 1 amide bonds. The second-order valence-electron chi connectivity index (χ2n) is 6.25. The van der Waals surface area contributed by atoms with Crippen LogP contribution in [0.3, 0.4) is 0 Å². The third kappa shape index (κ3) is 3.70. The second kappa shape index (κ2) is 7.57. The van der Waals surface area contributed by atoms with Crippen LogP contribution in [0.1, 0.15) is 26.4 Å². The highest BCUT2D eigenvalue weighted by atomic mass is 16.5. The van der Waals surface area contributed by atoms with Gasteiger partial charge in [0.05, 0.1) is 18.9 Å². The molecule has 0 saturated carbocycles. The van der Waals surface area contributed by atoms with Crippen molar-refractivity contribution < 1.29 is 19.4 Å². The van der Waals surface area contributed by atoms with Gasteiger partial charge in [0.2, 0.25) is 0 Å². The molecule has 1 aromatic carbocycles. The molecule has 1 N–H and O–H groups in total. The van der Waals surface area contributed by atoms with Gasteiger partial charge in [-0.05, 0) is 17.7 Å². The predicted octanol–water partition coefficient (Wildman–Crippen LogP) is 1.08. The van der Waals surface area contributed by atoms with Crippen molar-refractivity contribution in [2.24, 2.45) is 7.05 Å². The SMILES string of the molecule is COc1ccc(CN2CCN(C(=O)c3cnn(C)c3C(=O)O)CC2)cc1. The van der Waals surface area contributed by atoms with E-state index in [1.54, 1.807) is 12.0 Å². The molecule has 8 heteroatoms. The second-order valence-corrected chi connectivity index (χ2v) is 6.25. The summed E-state index contributed by atoms with van der Waals surface area (Å²) in [6.45, 7) is 3.39. The molecule has 0 atom stereocenters. The highest BCUT2D eigenvalue weighted by molar-refractivity contribution is 6.03. The first-order valence-corrected chi connectivity index (χ1v) is 8.39. The number of aryl methyl sites for hydroxylation is 1. The smallest absolute Gasteiger partial charge is 0.354 e. The summed E-state index contributed by atoms with van der Waals surface area (Å²) in [5.74, 6) is -0.596. The number of hydrogen-bond donors (Lipinski definition) is 1. The molecule has 1 aromatic heterocycles. The molecule has 0 radical (unpaired) electrons. The number of rotatable bonds is 5. The predicted molar refractivity (Wildman–Crippen MR) is 94.3 cm³/mol. The van der Waals surface area contributed by atoms with Crippen LogP contribution in [0.2, 0.25) is 0 Å². The lowest BCUT2D eigenvalue weighted by atomic mass is 10.1. The Kier molecular flexibility index (Phi) is 5.22. The third-order valence-electron chi connectivity index (χ3n) is 4.60. The summed E-state index contributed by atoms with van der Waals surface area (Å²) < 4.78 is 6.38. The fourth-order valence-electron chi connectivity index (χ4n) is 3.12. The Morgan fingerprint density at radius 3 is 2.38 bits per heavy atom. The van der Waals surface area contributed by atoms with E-state index >= 15 is 0 Å². The molecule has 2 aromatic rings. The van der Waals surface area contributed by atoms with Crippen LogP contribution in [0.25, 0.3) is 0 Å². The molecule has 26 heavy (non-hydrogen) atoms. The van der Waals surface area contributed by atoms with Gasteiger partial charge in [0.1, 0.15) is 5.75 Å². The topological polar surface area (TPSA) is 87.9 Å². The number of methoxy groups -OCH3 is 1. The van der Waals surface area contributed by atoms with Crippen LogP contribution in [0.5, 0.6) is 5.75 Å². The molecule has 0 unspecified atom stereocenters. The van der Waals surface area contributed by atoms with E-state index in [1.807, 2.05) is 24.3 Å². The fourth-order valence-corrected chi connectivity index (χ4v) is 3.12. The summed E-state index contributed by atoms with van der Waals surface area (Å²) in [5, 5.41) is 13.2. The Labute approximate surface area is 151 Å². The van der Waals surface area contributed by atoms with Gasteiger partial charge in [-0.15, -0.1) is 0 Å². The molecule has 0 bridgehead atoms. The van der Waals surface area contributed by atoms with E-state index in [0.717, 1.165) is 25.4 Å². The number of carbonyl (C=O) groups excluding carboxylic acids is 1. The minimum atomic E-state index is -1.15. The average Bonchev–Trinajstić information content (AvgIpc) is 3.04. The van der Waals surface area contributed by atoms with Crippen LogP contribution in [0, 0.1) is 0 Å². The molecule has 1 aliphatic rings. The van der Waals surface area contributed by atoms with Crippen LogP contribution in [0.4, 0.5) is 0 Å². The van der Waals surface area contributed by atoms with Crippen molar-refractivity contribution in [2.45, 2.75) is 6.54 Å². The van der Waals surface area contributed by atoms with Gasteiger partial charge in [-0.3, -0.25) is 14.4 Å². The Morgan fingerprint density at radius 1 is 1.15 bits per heavy atom. The largest absolute Gasteiger partial charge is 0.497 e. The monoisotopic (exact) mass is 358 g/mol. The number of carbonyl (C=O) groups is 2. The van der Waals surface area contributed by atoms with Crippen LogP contribution >= 0.6 is 0 Å². The Bertz CT molecular complexity index is 792. The van der Waals surface area contributed by atoms with E-state index in [0.29, 0.717) is 13.1 Å². The number of aromatic nitrogens is 2. The first kappa shape index (κ1) is 17.9. The van der Waals surface area contributed by atoms with Crippen molar-refractivity contribution >= 4 is 11.9 Å². The van der Waals surface area contributed by atoms with Gasteiger partial charge < -0.3 is 14.7 Å². The maximum Gasteiger partial charge on any atom is 0.354 e. The lowest BCUT2D eigenvalue weighted by molar-refractivity contribution is 0.0606. The van der Waals surface area contributed by atoms with Crippen molar-refractivity contribution in [3.05, 3.63) is 47.3 Å². The lowest BCUT2D eigenvalue weighted by Crippen LogP contribution is -2.48. The first-order chi connectivity index (χ1) is 12.5. The van der Waals surface area contributed by atoms with Gasteiger partial charge in [0.25, 0.3) is 5.91 Å². The van der Waals surface area contributed by atoms with Gasteiger partial charge >= 0.3 is 5.97 Å². The summed E-state index contributed by atoms with van der Waals surface area (Å²) in [6.07, 6.45) is 1.33. The van der Waals surface area contributed by atoms with Crippen molar-refractivity contribution in [2.75, 3.05) is 33.3 Å². The molecular formula is C18H22N4O4. The quantitative estimate of drug-likeness (QED) is 0.861. The standard InChI is InChI=1S/C18H22N4O4/c1-20-16(18(24)25)15(11-19-20)17(23)22-9-7-21(8-10-22)12-13-3-5-14(26-2)6-4-13/h3-6,11H,7-10,12H2,1-2H3,(H,24,25). The number of carboxylic acid groups (broad SMARTS) is 1. The Morgan fingerprint density at radius 2 is 1.81 bits per heavy atom. The van der Waals surface area contributed by atoms with Crippen molar-refractivity contribution in [3.63, 3.8) is 0 Å². The number of nitrogens with zero attached hydrogens (tertiary/aromatic N) is 4. The number of aromatic carboxylic acids is 1. The number of amides is 1. The highest BCUT2D eigenvalue weighted by Crippen LogP contribution is 2.16. The molecule has 1 saturated heterocycles. The molecule has 3 rings (SSSR count). The molecule has 0 aliphatic carbocycles. The zero-order valence-electron chi connectivity index (χ0n) is 14.9. The first-order valence-electron chi connectivity index (χ1n) is 8.39. The molecule has 1 aliphatic heterocycles. The molecule has 1 fully saturated rings. The zero-order chi connectivity index (χ0) is 18.7. The van der Waals surface area contributed by atoms with Gasteiger partial charge in [-0.2, -0.15) is 5.10 Å². The number of carboxylic acids is 1. The van der Waals surface area contributed by atoms with Crippen LogP contribution in [-0.4, -0.2) is 69.9 Å². The number of hydrogen-bond acceptors (Lipinski definition) is 5. The molecule has 0 spiro atoms. The van der Waals surface area contributed by atoms with E-state index in [-0.39, 0.29) is 17.2 Å². The van der Waals surface area contributed by atoms with Gasteiger partial charge in [-0.25, -0.2) is 4.79 Å².